The van der Waals surface area contributed by atoms with Crippen molar-refractivity contribution in [3.63, 3.8) is 0 Å². The number of nitrogens with one attached hydrogen (secondary N) is 1. The highest BCUT2D eigenvalue weighted by atomic mass is 16.2. The summed E-state index contributed by atoms with van der Waals surface area (Å²) in [5, 5.41) is 3.31. The van der Waals surface area contributed by atoms with Gasteiger partial charge in [0.15, 0.2) is 0 Å². The highest BCUT2D eigenvalue weighted by molar-refractivity contribution is 6.07. The van der Waals surface area contributed by atoms with Gasteiger partial charge in [-0.15, -0.1) is 0 Å². The molecule has 0 radical (unpaired) electrons. The zero-order chi connectivity index (χ0) is 12.8. The number of hydrogen-bond donors (Lipinski definition) is 1. The molecular weight excluding hydrogens is 212 g/mol. The van der Waals surface area contributed by atoms with Crippen molar-refractivity contribution in [2.24, 2.45) is 0 Å². The molecule has 1 amide bonds. The van der Waals surface area contributed by atoms with Gasteiger partial charge in [0.2, 0.25) is 0 Å². The predicted molar refractivity (Wildman–Crippen MR) is 71.5 cm³/mol. The van der Waals surface area contributed by atoms with Crippen LogP contribution in [0, 0.1) is 6.92 Å². The van der Waals surface area contributed by atoms with Crippen LogP contribution < -0.4 is 10.2 Å². The maximum atomic E-state index is 12.4. The third-order valence-electron chi connectivity index (χ3n) is 3.13. The van der Waals surface area contributed by atoms with Crippen molar-refractivity contribution in [3.05, 3.63) is 23.8 Å². The van der Waals surface area contributed by atoms with E-state index in [1.165, 1.54) is 5.56 Å². The first kappa shape index (κ1) is 12.0. The van der Waals surface area contributed by atoms with Gasteiger partial charge in [-0.2, -0.15) is 0 Å². The van der Waals surface area contributed by atoms with E-state index in [9.17, 15) is 4.79 Å². The second kappa shape index (κ2) is 3.76. The molecule has 17 heavy (non-hydrogen) atoms. The van der Waals surface area contributed by atoms with E-state index >= 15 is 0 Å². The Kier molecular flexibility index (Phi) is 2.64. The van der Waals surface area contributed by atoms with Gasteiger partial charge in [-0.25, -0.2) is 0 Å². The van der Waals surface area contributed by atoms with Crippen molar-refractivity contribution < 1.29 is 4.79 Å². The molecule has 0 fully saturated rings. The van der Waals surface area contributed by atoms with Gasteiger partial charge in [-0.3, -0.25) is 4.79 Å². The Balaban J connectivity index is 2.59. The van der Waals surface area contributed by atoms with Crippen LogP contribution >= 0.6 is 0 Å². The van der Waals surface area contributed by atoms with E-state index in [1.807, 2.05) is 45.6 Å². The van der Waals surface area contributed by atoms with Crippen LogP contribution in [0.25, 0.3) is 0 Å². The van der Waals surface area contributed by atoms with E-state index in [2.05, 4.69) is 17.4 Å². The Morgan fingerprint density at radius 2 is 1.94 bits per heavy atom. The van der Waals surface area contributed by atoms with E-state index in [0.29, 0.717) is 0 Å². The third kappa shape index (κ3) is 1.90. The van der Waals surface area contributed by atoms with E-state index in [4.69, 9.17) is 0 Å². The molecule has 1 heterocycles. The minimum absolute atomic E-state index is 0.130. The molecule has 0 saturated heterocycles. The van der Waals surface area contributed by atoms with Gasteiger partial charge >= 0.3 is 0 Å². The van der Waals surface area contributed by atoms with E-state index in [-0.39, 0.29) is 11.9 Å². The number of fused-ring (bicyclic) bond motifs is 1. The van der Waals surface area contributed by atoms with Gasteiger partial charge in [-0.05, 0) is 52.3 Å². The van der Waals surface area contributed by atoms with Crippen molar-refractivity contribution in [1.29, 1.82) is 0 Å². The molecule has 1 aliphatic rings. The Morgan fingerprint density at radius 1 is 1.29 bits per heavy atom. The number of benzene rings is 1. The third-order valence-corrected chi connectivity index (χ3v) is 3.13. The van der Waals surface area contributed by atoms with Crippen molar-refractivity contribution in [3.8, 4) is 0 Å². The van der Waals surface area contributed by atoms with Crippen LogP contribution in [0.4, 0.5) is 11.4 Å². The number of carbonyl (C=O) groups excluding carboxylic acids is 1. The standard InChI is InChI=1S/C14H20N2O/c1-9(2)16-12-8-10(3)6-7-11(12)15-14(4,5)13(16)17/h6-9,15H,1-5H3. The van der Waals surface area contributed by atoms with Crippen LogP contribution in [0.5, 0.6) is 0 Å². The van der Waals surface area contributed by atoms with Crippen LogP contribution in [-0.4, -0.2) is 17.5 Å². The van der Waals surface area contributed by atoms with Gasteiger partial charge in [0.05, 0.1) is 11.4 Å². The monoisotopic (exact) mass is 232 g/mol. The minimum atomic E-state index is -0.535. The Bertz CT molecular complexity index is 463. The van der Waals surface area contributed by atoms with E-state index in [0.717, 1.165) is 11.4 Å². The van der Waals surface area contributed by atoms with Crippen molar-refractivity contribution in [1.82, 2.24) is 0 Å². The molecule has 0 saturated carbocycles. The first-order valence-electron chi connectivity index (χ1n) is 6.05. The topological polar surface area (TPSA) is 32.3 Å². The fourth-order valence-corrected chi connectivity index (χ4v) is 2.26. The summed E-state index contributed by atoms with van der Waals surface area (Å²) in [4.78, 5) is 14.3. The smallest absolute Gasteiger partial charge is 0.252 e. The number of rotatable bonds is 1. The van der Waals surface area contributed by atoms with E-state index < -0.39 is 5.54 Å². The van der Waals surface area contributed by atoms with E-state index in [1.54, 1.807) is 0 Å². The predicted octanol–water partition coefficient (Wildman–Crippen LogP) is 2.94. The average Bonchev–Trinajstić information content (AvgIpc) is 2.20. The Labute approximate surface area is 103 Å². The first-order chi connectivity index (χ1) is 7.83. The second-order valence-corrected chi connectivity index (χ2v) is 5.54. The maximum absolute atomic E-state index is 12.4. The van der Waals surface area contributed by atoms with Crippen molar-refractivity contribution in [2.75, 3.05) is 10.2 Å². The minimum Gasteiger partial charge on any atom is -0.370 e. The summed E-state index contributed by atoms with van der Waals surface area (Å²) in [5.41, 5.74) is 2.66. The summed E-state index contributed by atoms with van der Waals surface area (Å²) in [5.74, 6) is 0.130. The van der Waals surface area contributed by atoms with Gasteiger partial charge in [-0.1, -0.05) is 6.07 Å². The molecule has 92 valence electrons. The fourth-order valence-electron chi connectivity index (χ4n) is 2.26. The molecule has 0 atom stereocenters. The maximum Gasteiger partial charge on any atom is 0.252 e. The lowest BCUT2D eigenvalue weighted by Gasteiger charge is -2.42. The number of aryl methyl sites for hydroxylation is 1. The summed E-state index contributed by atoms with van der Waals surface area (Å²) in [6.07, 6.45) is 0. The quantitative estimate of drug-likeness (QED) is 0.807. The highest BCUT2D eigenvalue weighted by Crippen LogP contribution is 2.36. The van der Waals surface area contributed by atoms with Crippen LogP contribution in [0.2, 0.25) is 0 Å². The SMILES string of the molecule is Cc1ccc2c(c1)N(C(C)C)C(=O)C(C)(C)N2. The molecule has 1 aliphatic heterocycles. The zero-order valence-electron chi connectivity index (χ0n) is 11.2. The first-order valence-corrected chi connectivity index (χ1v) is 6.05. The molecule has 1 N–H and O–H groups in total. The summed E-state index contributed by atoms with van der Waals surface area (Å²) in [6.45, 7) is 9.99. The Hall–Kier alpha value is -1.51. The lowest BCUT2D eigenvalue weighted by Crippen LogP contribution is -2.56. The molecule has 1 aromatic rings. The number of amides is 1. The highest BCUT2D eigenvalue weighted by Gasteiger charge is 2.39. The van der Waals surface area contributed by atoms with Crippen molar-refractivity contribution >= 4 is 17.3 Å². The van der Waals surface area contributed by atoms with Gasteiger partial charge in [0, 0.05) is 6.04 Å². The summed E-state index contributed by atoms with van der Waals surface area (Å²) in [7, 11) is 0. The normalized spacial score (nSPS) is 18.0. The summed E-state index contributed by atoms with van der Waals surface area (Å²) in [6, 6.07) is 6.35. The largest absolute Gasteiger partial charge is 0.370 e. The lowest BCUT2D eigenvalue weighted by atomic mass is 9.96. The number of carbonyl (C=O) groups is 1. The number of nitrogens with zero attached hydrogens (tertiary/aromatic N) is 1. The van der Waals surface area contributed by atoms with Gasteiger partial charge in [0.25, 0.3) is 5.91 Å². The van der Waals surface area contributed by atoms with Gasteiger partial charge in [0.1, 0.15) is 5.54 Å². The molecule has 0 aliphatic carbocycles. The van der Waals surface area contributed by atoms with Crippen molar-refractivity contribution in [2.45, 2.75) is 46.2 Å². The molecule has 0 spiro atoms. The second-order valence-electron chi connectivity index (χ2n) is 5.54. The fraction of sp³-hybridized carbons (Fsp3) is 0.500. The molecule has 0 bridgehead atoms. The van der Waals surface area contributed by atoms with Crippen LogP contribution in [0.3, 0.4) is 0 Å². The molecular formula is C14H20N2O. The number of anilines is 2. The molecule has 0 aromatic heterocycles. The molecule has 3 nitrogen and oxygen atoms in total. The number of hydrogen-bond acceptors (Lipinski definition) is 2. The molecule has 0 unspecified atom stereocenters. The average molecular weight is 232 g/mol. The summed E-state index contributed by atoms with van der Waals surface area (Å²) >= 11 is 0. The zero-order valence-corrected chi connectivity index (χ0v) is 11.2. The molecule has 2 rings (SSSR count). The van der Waals surface area contributed by atoms with Gasteiger partial charge < -0.3 is 10.2 Å². The van der Waals surface area contributed by atoms with Crippen LogP contribution in [-0.2, 0) is 4.79 Å². The molecule has 3 heteroatoms. The van der Waals surface area contributed by atoms with Crippen LogP contribution in [0.1, 0.15) is 33.3 Å². The summed E-state index contributed by atoms with van der Waals surface area (Å²) < 4.78 is 0. The molecule has 1 aromatic carbocycles. The lowest BCUT2D eigenvalue weighted by molar-refractivity contribution is -0.122. The van der Waals surface area contributed by atoms with Crippen LogP contribution in [0.15, 0.2) is 18.2 Å². The Morgan fingerprint density at radius 3 is 2.53 bits per heavy atom.